The number of carbonyl (C=O) groups excluding carboxylic acids is 1. The minimum atomic E-state index is -0.901. The molecule has 2 aromatic rings. The monoisotopic (exact) mass is 405 g/mol. The number of hydrogen-bond donors (Lipinski definition) is 1. The van der Waals surface area contributed by atoms with Crippen molar-refractivity contribution in [3.8, 4) is 16.9 Å². The van der Waals surface area contributed by atoms with E-state index in [-0.39, 0.29) is 12.3 Å². The lowest BCUT2D eigenvalue weighted by Gasteiger charge is -2.19. The molecule has 1 amide bonds. The number of amides is 1. The number of benzene rings is 2. The number of aliphatic carboxylic acids is 1. The minimum Gasteiger partial charge on any atom is -0.496 e. The Hall–Kier alpha value is -2.34. The fourth-order valence-electron chi connectivity index (χ4n) is 2.57. The minimum absolute atomic E-state index is 0.0239. The van der Waals surface area contributed by atoms with Gasteiger partial charge in [0, 0.05) is 30.6 Å². The lowest BCUT2D eigenvalue weighted by Crippen LogP contribution is -2.23. The van der Waals surface area contributed by atoms with Crippen LogP contribution in [0.15, 0.2) is 40.9 Å². The van der Waals surface area contributed by atoms with Crippen LogP contribution in [0.25, 0.3) is 11.1 Å². The number of halogens is 1. The zero-order valence-corrected chi connectivity index (χ0v) is 16.0. The first-order valence-corrected chi connectivity index (χ1v) is 8.51. The van der Waals surface area contributed by atoms with Gasteiger partial charge in [0.15, 0.2) is 0 Å². The van der Waals surface area contributed by atoms with Crippen molar-refractivity contribution in [3.63, 3.8) is 0 Å². The summed E-state index contributed by atoms with van der Waals surface area (Å²) in [7, 11) is 3.32. The molecule has 2 aromatic carbocycles. The predicted octanol–water partition coefficient (Wildman–Crippen LogP) is 3.73. The molecule has 0 atom stereocenters. The molecule has 0 spiro atoms. The van der Waals surface area contributed by atoms with E-state index in [1.807, 2.05) is 30.3 Å². The van der Waals surface area contributed by atoms with Gasteiger partial charge in [-0.25, -0.2) is 0 Å². The summed E-state index contributed by atoms with van der Waals surface area (Å²) in [5, 5.41) is 9.12. The normalized spacial score (nSPS) is 10.4. The molecule has 0 saturated carbocycles. The number of methoxy groups -OCH3 is 1. The molecule has 0 aliphatic rings. The third kappa shape index (κ3) is 4.60. The van der Waals surface area contributed by atoms with E-state index in [0.29, 0.717) is 22.3 Å². The quantitative estimate of drug-likeness (QED) is 0.794. The molecule has 0 unspecified atom stereocenters. The zero-order valence-electron chi connectivity index (χ0n) is 14.4. The van der Waals surface area contributed by atoms with E-state index < -0.39 is 5.97 Å². The summed E-state index contributed by atoms with van der Waals surface area (Å²) in [4.78, 5) is 24.3. The van der Waals surface area contributed by atoms with Gasteiger partial charge in [0.05, 0.1) is 13.5 Å². The van der Waals surface area contributed by atoms with Crippen LogP contribution in [-0.4, -0.2) is 36.0 Å². The maximum absolute atomic E-state index is 11.6. The van der Waals surface area contributed by atoms with Crippen LogP contribution in [0.3, 0.4) is 0 Å². The Labute approximate surface area is 155 Å². The summed E-state index contributed by atoms with van der Waals surface area (Å²) in [6.45, 7) is 1.98. The number of nitrogens with zero attached hydrogens (tertiary/aromatic N) is 1. The molecule has 25 heavy (non-hydrogen) atoms. The van der Waals surface area contributed by atoms with E-state index in [0.717, 1.165) is 16.7 Å². The molecule has 0 radical (unpaired) electrons. The highest BCUT2D eigenvalue weighted by Crippen LogP contribution is 2.37. The van der Waals surface area contributed by atoms with Gasteiger partial charge in [0.2, 0.25) is 5.91 Å². The maximum Gasteiger partial charge on any atom is 0.307 e. The highest BCUT2D eigenvalue weighted by atomic mass is 79.9. The fourth-order valence-corrected chi connectivity index (χ4v) is 3.03. The van der Waals surface area contributed by atoms with Gasteiger partial charge in [-0.2, -0.15) is 0 Å². The van der Waals surface area contributed by atoms with Crippen LogP contribution < -0.4 is 4.74 Å². The number of rotatable bonds is 6. The number of carboxylic acid groups (broad SMARTS) is 1. The van der Waals surface area contributed by atoms with Gasteiger partial charge in [0.1, 0.15) is 5.75 Å². The summed E-state index contributed by atoms with van der Waals surface area (Å²) in [6.07, 6.45) is -0.0902. The van der Waals surface area contributed by atoms with E-state index in [1.165, 1.54) is 6.92 Å². The molecule has 0 fully saturated rings. The summed E-state index contributed by atoms with van der Waals surface area (Å²) in [5.74, 6) is -0.288. The average molecular weight is 406 g/mol. The zero-order chi connectivity index (χ0) is 18.6. The molecule has 2 rings (SSSR count). The SMILES string of the molecule is COc1cc(Br)c(CC(=O)O)cc1-c1ccccc1CN(C)C(C)=O. The van der Waals surface area contributed by atoms with Crippen molar-refractivity contribution in [2.45, 2.75) is 19.9 Å². The van der Waals surface area contributed by atoms with E-state index >= 15 is 0 Å². The third-order valence-corrected chi connectivity index (χ3v) is 4.70. The van der Waals surface area contributed by atoms with Gasteiger partial charge in [0.25, 0.3) is 0 Å². The van der Waals surface area contributed by atoms with E-state index in [2.05, 4.69) is 15.9 Å². The molecule has 0 heterocycles. The highest BCUT2D eigenvalue weighted by molar-refractivity contribution is 9.10. The number of carboxylic acids is 1. The van der Waals surface area contributed by atoms with Crippen LogP contribution >= 0.6 is 15.9 Å². The largest absolute Gasteiger partial charge is 0.496 e. The van der Waals surface area contributed by atoms with Gasteiger partial charge in [-0.3, -0.25) is 9.59 Å². The van der Waals surface area contributed by atoms with E-state index in [4.69, 9.17) is 9.84 Å². The molecule has 132 valence electrons. The Morgan fingerprint density at radius 1 is 1.16 bits per heavy atom. The molecule has 0 aliphatic heterocycles. The highest BCUT2D eigenvalue weighted by Gasteiger charge is 2.16. The lowest BCUT2D eigenvalue weighted by molar-refractivity contribution is -0.136. The molecule has 0 aliphatic carbocycles. The molecule has 0 bridgehead atoms. The molecule has 1 N–H and O–H groups in total. The second kappa shape index (κ2) is 8.16. The Kier molecular flexibility index (Phi) is 6.20. The summed E-state index contributed by atoms with van der Waals surface area (Å²) >= 11 is 3.40. The van der Waals surface area contributed by atoms with Crippen molar-refractivity contribution in [1.82, 2.24) is 4.90 Å². The van der Waals surface area contributed by atoms with Gasteiger partial charge >= 0.3 is 5.97 Å². The first kappa shape index (κ1) is 19.0. The Bertz CT molecular complexity index is 804. The number of hydrogen-bond acceptors (Lipinski definition) is 3. The molecule has 0 saturated heterocycles. The van der Waals surface area contributed by atoms with Crippen LogP contribution in [-0.2, 0) is 22.6 Å². The van der Waals surface area contributed by atoms with Crippen molar-refractivity contribution in [3.05, 3.63) is 52.0 Å². The smallest absolute Gasteiger partial charge is 0.307 e. The van der Waals surface area contributed by atoms with Crippen molar-refractivity contribution in [2.75, 3.05) is 14.2 Å². The van der Waals surface area contributed by atoms with Crippen molar-refractivity contribution in [1.29, 1.82) is 0 Å². The topological polar surface area (TPSA) is 66.8 Å². The molecule has 6 heteroatoms. The Morgan fingerprint density at radius 3 is 2.44 bits per heavy atom. The number of carbonyl (C=O) groups is 2. The van der Waals surface area contributed by atoms with Gasteiger partial charge in [-0.1, -0.05) is 40.2 Å². The van der Waals surface area contributed by atoms with Crippen molar-refractivity contribution in [2.24, 2.45) is 0 Å². The first-order valence-electron chi connectivity index (χ1n) is 7.71. The number of ether oxygens (including phenoxy) is 1. The van der Waals surface area contributed by atoms with E-state index in [9.17, 15) is 9.59 Å². The Balaban J connectivity index is 2.57. The Morgan fingerprint density at radius 2 is 1.84 bits per heavy atom. The van der Waals surface area contributed by atoms with Crippen molar-refractivity contribution >= 4 is 27.8 Å². The van der Waals surface area contributed by atoms with Crippen LogP contribution in [0.1, 0.15) is 18.1 Å². The van der Waals surface area contributed by atoms with Crippen LogP contribution in [0.5, 0.6) is 5.75 Å². The molecule has 5 nitrogen and oxygen atoms in total. The predicted molar refractivity (Wildman–Crippen MR) is 99.6 cm³/mol. The summed E-state index contributed by atoms with van der Waals surface area (Å²) in [6, 6.07) is 11.3. The van der Waals surface area contributed by atoms with Crippen LogP contribution in [0, 0.1) is 0 Å². The average Bonchev–Trinajstić information content (AvgIpc) is 2.56. The lowest BCUT2D eigenvalue weighted by atomic mass is 9.96. The van der Waals surface area contributed by atoms with Crippen molar-refractivity contribution < 1.29 is 19.4 Å². The summed E-state index contributed by atoms with van der Waals surface area (Å²) in [5.41, 5.74) is 3.33. The maximum atomic E-state index is 11.6. The van der Waals surface area contributed by atoms with Crippen LogP contribution in [0.2, 0.25) is 0 Å². The first-order chi connectivity index (χ1) is 11.8. The second-order valence-electron chi connectivity index (χ2n) is 5.75. The van der Waals surface area contributed by atoms with Gasteiger partial charge in [-0.05, 0) is 28.8 Å². The van der Waals surface area contributed by atoms with Gasteiger partial charge < -0.3 is 14.7 Å². The standard InChI is InChI=1S/C19H20BrNO4/c1-12(22)21(2)11-13-6-4-5-7-15(13)16-8-14(9-19(23)24)17(20)10-18(16)25-3/h4-8,10H,9,11H2,1-3H3,(H,23,24). The summed E-state index contributed by atoms with van der Waals surface area (Å²) < 4.78 is 6.18. The van der Waals surface area contributed by atoms with Gasteiger partial charge in [-0.15, -0.1) is 0 Å². The van der Waals surface area contributed by atoms with E-state index in [1.54, 1.807) is 25.1 Å². The van der Waals surface area contributed by atoms with Crippen LogP contribution in [0.4, 0.5) is 0 Å². The third-order valence-electron chi connectivity index (χ3n) is 3.96. The molecular formula is C19H20BrNO4. The molecule has 0 aromatic heterocycles. The molecular weight excluding hydrogens is 386 g/mol. The second-order valence-corrected chi connectivity index (χ2v) is 6.60. The fraction of sp³-hybridized carbons (Fsp3) is 0.263.